The van der Waals surface area contributed by atoms with Crippen LogP contribution >= 0.6 is 0 Å². The number of hydrogen-bond acceptors (Lipinski definition) is 3. The quantitative estimate of drug-likeness (QED) is 0.332. The van der Waals surface area contributed by atoms with Gasteiger partial charge in [0.25, 0.3) is 0 Å². The average molecular weight is 241 g/mol. The third-order valence-corrected chi connectivity index (χ3v) is 3.92. The number of piperidine rings is 1. The maximum absolute atomic E-state index is 12.4. The second kappa shape index (κ2) is 4.94. The number of rotatable bonds is 2. The van der Waals surface area contributed by atoms with E-state index in [-0.39, 0.29) is 17.8 Å². The highest BCUT2D eigenvalue weighted by Gasteiger charge is 2.40. The number of nitrogens with zero attached hydrogens (tertiary/aromatic N) is 2. The van der Waals surface area contributed by atoms with Crippen molar-refractivity contribution in [2.75, 3.05) is 6.54 Å². The molecule has 0 aliphatic carbocycles. The number of likely N-dealkylation sites (tertiary alicyclic amines) is 1. The molecule has 0 aromatic rings. The minimum Gasteiger partial charge on any atom is -0.409 e. The van der Waals surface area contributed by atoms with Gasteiger partial charge in [-0.15, -0.1) is 0 Å². The molecule has 98 valence electrons. The van der Waals surface area contributed by atoms with Gasteiger partial charge in [-0.1, -0.05) is 12.1 Å². The maximum Gasteiger partial charge on any atom is 0.236 e. The third-order valence-electron chi connectivity index (χ3n) is 3.92. The third kappa shape index (κ3) is 2.53. The largest absolute Gasteiger partial charge is 0.409 e. The number of hydrogen-bond donors (Lipinski definition) is 2. The summed E-state index contributed by atoms with van der Waals surface area (Å²) in [6, 6.07) is 0.210. The van der Waals surface area contributed by atoms with Crippen LogP contribution in [0.5, 0.6) is 0 Å². The van der Waals surface area contributed by atoms with Crippen LogP contribution < -0.4 is 5.73 Å². The first-order valence-electron chi connectivity index (χ1n) is 6.11. The first-order valence-corrected chi connectivity index (χ1v) is 6.11. The molecule has 2 unspecified atom stereocenters. The molecule has 1 heterocycles. The van der Waals surface area contributed by atoms with Gasteiger partial charge in [-0.25, -0.2) is 0 Å². The summed E-state index contributed by atoms with van der Waals surface area (Å²) in [7, 11) is 0. The lowest BCUT2D eigenvalue weighted by atomic mass is 9.85. The molecule has 5 heteroatoms. The lowest BCUT2D eigenvalue weighted by Gasteiger charge is -2.41. The fraction of sp³-hybridized carbons (Fsp3) is 0.833. The zero-order chi connectivity index (χ0) is 13.2. The predicted molar refractivity (Wildman–Crippen MR) is 66.8 cm³/mol. The van der Waals surface area contributed by atoms with Gasteiger partial charge in [0.15, 0.2) is 5.84 Å². The van der Waals surface area contributed by atoms with E-state index in [4.69, 9.17) is 10.9 Å². The Labute approximate surface area is 103 Å². The van der Waals surface area contributed by atoms with Crippen LogP contribution in [0.25, 0.3) is 0 Å². The van der Waals surface area contributed by atoms with Crippen LogP contribution in [0.3, 0.4) is 0 Å². The van der Waals surface area contributed by atoms with Crippen molar-refractivity contribution in [1.82, 2.24) is 4.90 Å². The second-order valence-corrected chi connectivity index (χ2v) is 5.47. The molecule has 0 radical (unpaired) electrons. The smallest absolute Gasteiger partial charge is 0.236 e. The highest BCUT2D eigenvalue weighted by molar-refractivity contribution is 6.06. The van der Waals surface area contributed by atoms with E-state index in [1.54, 1.807) is 13.8 Å². The van der Waals surface area contributed by atoms with Crippen molar-refractivity contribution >= 4 is 11.7 Å². The van der Waals surface area contributed by atoms with Gasteiger partial charge < -0.3 is 15.8 Å². The Morgan fingerprint density at radius 1 is 1.47 bits per heavy atom. The Hall–Kier alpha value is -1.26. The Morgan fingerprint density at radius 2 is 2.06 bits per heavy atom. The summed E-state index contributed by atoms with van der Waals surface area (Å²) in [6.45, 7) is 8.35. The number of amidine groups is 1. The summed E-state index contributed by atoms with van der Waals surface area (Å²) in [5.74, 6) is 0.399. The van der Waals surface area contributed by atoms with E-state index in [0.29, 0.717) is 5.92 Å². The SMILES string of the molecule is CC1CCCN(C(=O)C(C)(C)C(N)=NO)C1C. The van der Waals surface area contributed by atoms with Crippen LogP contribution in [-0.2, 0) is 4.79 Å². The molecule has 1 amide bonds. The van der Waals surface area contributed by atoms with Gasteiger partial charge in [-0.3, -0.25) is 4.79 Å². The van der Waals surface area contributed by atoms with Crippen molar-refractivity contribution in [3.05, 3.63) is 0 Å². The van der Waals surface area contributed by atoms with Crippen molar-refractivity contribution in [1.29, 1.82) is 0 Å². The Morgan fingerprint density at radius 3 is 2.59 bits per heavy atom. The van der Waals surface area contributed by atoms with Gasteiger partial charge in [0.1, 0.15) is 5.41 Å². The number of carbonyl (C=O) groups excluding carboxylic acids is 1. The van der Waals surface area contributed by atoms with Crippen LogP contribution in [0.1, 0.15) is 40.5 Å². The lowest BCUT2D eigenvalue weighted by Crippen LogP contribution is -2.54. The van der Waals surface area contributed by atoms with Crippen LogP contribution in [0.4, 0.5) is 0 Å². The van der Waals surface area contributed by atoms with Crippen molar-refractivity contribution in [2.24, 2.45) is 22.2 Å². The molecule has 1 fully saturated rings. The van der Waals surface area contributed by atoms with Gasteiger partial charge in [0.2, 0.25) is 5.91 Å². The minimum atomic E-state index is -0.944. The molecule has 17 heavy (non-hydrogen) atoms. The first kappa shape index (κ1) is 13.8. The van der Waals surface area contributed by atoms with E-state index < -0.39 is 5.41 Å². The molecule has 0 spiro atoms. The van der Waals surface area contributed by atoms with Crippen molar-refractivity contribution in [3.63, 3.8) is 0 Å². The van der Waals surface area contributed by atoms with Crippen LogP contribution in [0.15, 0.2) is 5.16 Å². The Bertz CT molecular complexity index is 326. The highest BCUT2D eigenvalue weighted by Crippen LogP contribution is 2.28. The van der Waals surface area contributed by atoms with Gasteiger partial charge in [0, 0.05) is 12.6 Å². The van der Waals surface area contributed by atoms with Crippen molar-refractivity contribution in [2.45, 2.75) is 46.6 Å². The van der Waals surface area contributed by atoms with E-state index in [0.717, 1.165) is 19.4 Å². The number of amides is 1. The summed E-state index contributed by atoms with van der Waals surface area (Å²) in [5, 5.41) is 11.7. The van der Waals surface area contributed by atoms with Gasteiger partial charge in [-0.05, 0) is 39.5 Å². The predicted octanol–water partition coefficient (Wildman–Crippen LogP) is 1.41. The zero-order valence-corrected chi connectivity index (χ0v) is 11.1. The molecule has 2 atom stereocenters. The highest BCUT2D eigenvalue weighted by atomic mass is 16.4. The Balaban J connectivity index is 2.89. The number of carbonyl (C=O) groups is 1. The van der Waals surface area contributed by atoms with E-state index in [9.17, 15) is 4.79 Å². The van der Waals surface area contributed by atoms with Crippen LogP contribution in [-0.4, -0.2) is 34.4 Å². The fourth-order valence-electron chi connectivity index (χ4n) is 2.22. The summed E-state index contributed by atoms with van der Waals surface area (Å²) in [5.41, 5.74) is 4.65. The van der Waals surface area contributed by atoms with E-state index >= 15 is 0 Å². The van der Waals surface area contributed by atoms with Gasteiger partial charge in [-0.2, -0.15) is 0 Å². The Kier molecular flexibility index (Phi) is 4.01. The molecular weight excluding hydrogens is 218 g/mol. The fourth-order valence-corrected chi connectivity index (χ4v) is 2.22. The maximum atomic E-state index is 12.4. The van der Waals surface area contributed by atoms with E-state index in [2.05, 4.69) is 19.0 Å². The molecule has 0 saturated carbocycles. The lowest BCUT2D eigenvalue weighted by molar-refractivity contribution is -0.141. The molecule has 1 aliphatic heterocycles. The average Bonchev–Trinajstić information content (AvgIpc) is 2.30. The molecule has 5 nitrogen and oxygen atoms in total. The van der Waals surface area contributed by atoms with Crippen molar-refractivity contribution in [3.8, 4) is 0 Å². The topological polar surface area (TPSA) is 78.9 Å². The molecular formula is C12H23N3O2. The summed E-state index contributed by atoms with van der Waals surface area (Å²) in [4.78, 5) is 14.3. The molecule has 3 N–H and O–H groups in total. The number of nitrogens with two attached hydrogens (primary N) is 1. The molecule has 1 aliphatic rings. The molecule has 1 saturated heterocycles. The first-order chi connectivity index (χ1) is 7.82. The number of oxime groups is 1. The van der Waals surface area contributed by atoms with Crippen LogP contribution in [0.2, 0.25) is 0 Å². The molecule has 0 aromatic heterocycles. The van der Waals surface area contributed by atoms with E-state index in [1.807, 2.05) is 4.90 Å². The minimum absolute atomic E-state index is 0.0343. The molecule has 0 aromatic carbocycles. The molecule has 1 rings (SSSR count). The molecule has 0 bridgehead atoms. The normalized spacial score (nSPS) is 27.1. The second-order valence-electron chi connectivity index (χ2n) is 5.47. The summed E-state index contributed by atoms with van der Waals surface area (Å²) < 4.78 is 0. The standard InChI is InChI=1S/C12H23N3O2/c1-8-6-5-7-15(9(8)2)11(16)12(3,4)10(13)14-17/h8-9,17H,5-7H2,1-4H3,(H2,13,14). The summed E-state index contributed by atoms with van der Waals surface area (Å²) >= 11 is 0. The van der Waals surface area contributed by atoms with Gasteiger partial charge in [0.05, 0.1) is 0 Å². The van der Waals surface area contributed by atoms with Crippen molar-refractivity contribution < 1.29 is 10.0 Å². The zero-order valence-electron chi connectivity index (χ0n) is 11.1. The summed E-state index contributed by atoms with van der Waals surface area (Å²) in [6.07, 6.45) is 2.17. The monoisotopic (exact) mass is 241 g/mol. The van der Waals surface area contributed by atoms with Gasteiger partial charge >= 0.3 is 0 Å². The van der Waals surface area contributed by atoms with Crippen LogP contribution in [0, 0.1) is 11.3 Å². The van der Waals surface area contributed by atoms with E-state index in [1.165, 1.54) is 0 Å².